The van der Waals surface area contributed by atoms with E-state index in [1.165, 1.54) is 6.26 Å². The molecule has 1 amide bonds. The molecular weight excluding hydrogens is 320 g/mol. The average Bonchev–Trinajstić information content (AvgIpc) is 2.37. The van der Waals surface area contributed by atoms with Crippen LogP contribution in [-0.4, -0.2) is 64.3 Å². The van der Waals surface area contributed by atoms with Gasteiger partial charge in [0.15, 0.2) is 5.96 Å². The summed E-state index contributed by atoms with van der Waals surface area (Å²) in [5.41, 5.74) is -0.524. The largest absolute Gasteiger partial charge is 0.444 e. The van der Waals surface area contributed by atoms with Gasteiger partial charge >= 0.3 is 6.09 Å². The molecule has 0 radical (unpaired) electrons. The molecule has 0 aromatic rings. The minimum atomic E-state index is -2.97. The van der Waals surface area contributed by atoms with Crippen LogP contribution in [0, 0.1) is 0 Å². The third-order valence-electron chi connectivity index (χ3n) is 2.61. The van der Waals surface area contributed by atoms with E-state index in [2.05, 4.69) is 20.9 Å². The Morgan fingerprint density at radius 3 is 2.26 bits per heavy atom. The Morgan fingerprint density at radius 1 is 1.22 bits per heavy atom. The maximum Gasteiger partial charge on any atom is 0.407 e. The first kappa shape index (κ1) is 21.5. The predicted octanol–water partition coefficient (Wildman–Crippen LogP) is 0.499. The van der Waals surface area contributed by atoms with Crippen molar-refractivity contribution >= 4 is 21.9 Å². The summed E-state index contributed by atoms with van der Waals surface area (Å²) < 4.78 is 27.4. The molecule has 0 spiro atoms. The Balaban J connectivity index is 4.01. The van der Waals surface area contributed by atoms with E-state index in [1.54, 1.807) is 27.8 Å². The summed E-state index contributed by atoms with van der Waals surface area (Å²) >= 11 is 0. The van der Waals surface area contributed by atoms with Crippen LogP contribution in [0.4, 0.5) is 4.79 Å². The molecule has 8 nitrogen and oxygen atoms in total. The van der Waals surface area contributed by atoms with Gasteiger partial charge in [-0.1, -0.05) is 0 Å². The molecule has 0 aliphatic heterocycles. The van der Waals surface area contributed by atoms with Gasteiger partial charge in [-0.3, -0.25) is 4.99 Å². The van der Waals surface area contributed by atoms with Crippen LogP contribution in [0.2, 0.25) is 0 Å². The monoisotopic (exact) mass is 350 g/mol. The molecular formula is C14H30N4O4S. The fourth-order valence-electron chi connectivity index (χ4n) is 1.55. The number of nitrogens with zero attached hydrogens (tertiary/aromatic N) is 1. The van der Waals surface area contributed by atoms with Crippen molar-refractivity contribution in [3.05, 3.63) is 0 Å². The van der Waals surface area contributed by atoms with Gasteiger partial charge in [0, 0.05) is 32.4 Å². The molecule has 0 fully saturated rings. The number of nitrogens with one attached hydrogen (secondary N) is 3. The first-order chi connectivity index (χ1) is 10.4. The van der Waals surface area contributed by atoms with Crippen molar-refractivity contribution in [2.24, 2.45) is 4.99 Å². The van der Waals surface area contributed by atoms with Gasteiger partial charge in [-0.2, -0.15) is 0 Å². The summed E-state index contributed by atoms with van der Waals surface area (Å²) in [6, 6.07) is -0.0326. The van der Waals surface area contributed by atoms with Crippen LogP contribution in [-0.2, 0) is 14.6 Å². The number of carbonyl (C=O) groups excluding carboxylic acids is 1. The van der Waals surface area contributed by atoms with E-state index < -0.39 is 21.5 Å². The van der Waals surface area contributed by atoms with E-state index in [0.717, 1.165) is 0 Å². The highest BCUT2D eigenvalue weighted by atomic mass is 32.2. The number of sulfone groups is 1. The van der Waals surface area contributed by atoms with Crippen molar-refractivity contribution in [2.75, 3.05) is 32.1 Å². The molecule has 0 bridgehead atoms. The zero-order valence-electron chi connectivity index (χ0n) is 14.9. The number of rotatable bonds is 7. The number of ether oxygens (including phenoxy) is 1. The van der Waals surface area contributed by atoms with Gasteiger partial charge in [0.25, 0.3) is 0 Å². The lowest BCUT2D eigenvalue weighted by Gasteiger charge is -2.20. The zero-order chi connectivity index (χ0) is 18.1. The molecule has 3 N–H and O–H groups in total. The van der Waals surface area contributed by atoms with E-state index in [0.29, 0.717) is 25.5 Å². The van der Waals surface area contributed by atoms with E-state index in [4.69, 9.17) is 4.74 Å². The second kappa shape index (κ2) is 9.59. The number of aliphatic imine (C=N–C) groups is 1. The molecule has 1 unspecified atom stereocenters. The maximum absolute atomic E-state index is 11.5. The van der Waals surface area contributed by atoms with Crippen LogP contribution >= 0.6 is 0 Å². The molecule has 0 saturated heterocycles. The van der Waals surface area contributed by atoms with Crippen LogP contribution in [0.15, 0.2) is 4.99 Å². The van der Waals surface area contributed by atoms with Crippen LogP contribution in [0.1, 0.15) is 34.1 Å². The standard InChI is InChI=1S/C14H30N4O4S/c1-11(7-10-23(6,20)21)18-12(15-5)16-8-9-17-13(19)22-14(2,3)4/h11H,7-10H2,1-6H3,(H,17,19)(H2,15,16,18). The van der Waals surface area contributed by atoms with Crippen molar-refractivity contribution in [3.8, 4) is 0 Å². The first-order valence-corrected chi connectivity index (χ1v) is 9.61. The van der Waals surface area contributed by atoms with Crippen molar-refractivity contribution in [2.45, 2.75) is 45.8 Å². The average molecular weight is 350 g/mol. The molecule has 0 heterocycles. The lowest BCUT2D eigenvalue weighted by molar-refractivity contribution is 0.0529. The highest BCUT2D eigenvalue weighted by molar-refractivity contribution is 7.90. The summed E-state index contributed by atoms with van der Waals surface area (Å²) in [4.78, 5) is 15.5. The SMILES string of the molecule is CN=C(NCCNC(=O)OC(C)(C)C)NC(C)CCS(C)(=O)=O. The minimum Gasteiger partial charge on any atom is -0.444 e. The topological polar surface area (TPSA) is 109 Å². The van der Waals surface area contributed by atoms with Crippen LogP contribution in [0.5, 0.6) is 0 Å². The third kappa shape index (κ3) is 13.8. The van der Waals surface area contributed by atoms with Crippen molar-refractivity contribution in [1.82, 2.24) is 16.0 Å². The lowest BCUT2D eigenvalue weighted by Crippen LogP contribution is -2.45. The molecule has 0 aromatic heterocycles. The molecule has 0 aliphatic carbocycles. The van der Waals surface area contributed by atoms with E-state index in [1.807, 2.05) is 6.92 Å². The predicted molar refractivity (Wildman–Crippen MR) is 92.5 cm³/mol. The van der Waals surface area contributed by atoms with Gasteiger partial charge in [0.1, 0.15) is 15.4 Å². The Morgan fingerprint density at radius 2 is 1.78 bits per heavy atom. The van der Waals surface area contributed by atoms with E-state index in [-0.39, 0.29) is 11.8 Å². The normalized spacial score (nSPS) is 14.1. The lowest BCUT2D eigenvalue weighted by atomic mass is 10.2. The van der Waals surface area contributed by atoms with Gasteiger partial charge in [-0.15, -0.1) is 0 Å². The van der Waals surface area contributed by atoms with Crippen molar-refractivity contribution < 1.29 is 17.9 Å². The minimum absolute atomic E-state index is 0.0326. The number of alkyl carbamates (subject to hydrolysis) is 1. The van der Waals surface area contributed by atoms with Crippen molar-refractivity contribution in [3.63, 3.8) is 0 Å². The molecule has 9 heteroatoms. The summed E-state index contributed by atoms with van der Waals surface area (Å²) in [6.07, 6.45) is 1.24. The number of hydrogen-bond acceptors (Lipinski definition) is 5. The quantitative estimate of drug-likeness (QED) is 0.350. The summed E-state index contributed by atoms with van der Waals surface area (Å²) in [7, 11) is -1.34. The number of hydrogen-bond donors (Lipinski definition) is 3. The highest BCUT2D eigenvalue weighted by Crippen LogP contribution is 2.05. The maximum atomic E-state index is 11.5. The Bertz CT molecular complexity index is 497. The number of carbonyl (C=O) groups is 1. The molecule has 1 atom stereocenters. The first-order valence-electron chi connectivity index (χ1n) is 7.54. The molecule has 0 aromatic carbocycles. The van der Waals surface area contributed by atoms with Gasteiger partial charge in [0.05, 0.1) is 5.75 Å². The molecule has 0 aliphatic rings. The number of guanidine groups is 1. The Kier molecular flexibility index (Phi) is 8.96. The second-order valence-corrected chi connectivity index (χ2v) is 8.65. The summed E-state index contributed by atoms with van der Waals surface area (Å²) in [5, 5.41) is 8.76. The van der Waals surface area contributed by atoms with Crippen molar-refractivity contribution in [1.29, 1.82) is 0 Å². The zero-order valence-corrected chi connectivity index (χ0v) is 15.7. The Labute approximate surface area is 139 Å². The third-order valence-corrected chi connectivity index (χ3v) is 3.59. The summed E-state index contributed by atoms with van der Waals surface area (Å²) in [6.45, 7) is 8.14. The molecule has 0 saturated carbocycles. The fraction of sp³-hybridized carbons (Fsp3) is 0.857. The number of amides is 1. The fourth-order valence-corrected chi connectivity index (χ4v) is 2.33. The smallest absolute Gasteiger partial charge is 0.407 e. The molecule has 23 heavy (non-hydrogen) atoms. The van der Waals surface area contributed by atoms with Crippen LogP contribution in [0.25, 0.3) is 0 Å². The van der Waals surface area contributed by atoms with Crippen LogP contribution < -0.4 is 16.0 Å². The van der Waals surface area contributed by atoms with Gasteiger partial charge in [-0.05, 0) is 34.1 Å². The Hall–Kier alpha value is -1.51. The van der Waals surface area contributed by atoms with E-state index >= 15 is 0 Å². The van der Waals surface area contributed by atoms with Gasteiger partial charge in [-0.25, -0.2) is 13.2 Å². The van der Waals surface area contributed by atoms with Crippen LogP contribution in [0.3, 0.4) is 0 Å². The molecule has 136 valence electrons. The van der Waals surface area contributed by atoms with Gasteiger partial charge in [0.2, 0.25) is 0 Å². The second-order valence-electron chi connectivity index (χ2n) is 6.39. The van der Waals surface area contributed by atoms with E-state index in [9.17, 15) is 13.2 Å². The summed E-state index contributed by atoms with van der Waals surface area (Å²) in [5.74, 6) is 0.676. The molecule has 0 rings (SSSR count). The highest BCUT2D eigenvalue weighted by Gasteiger charge is 2.15. The van der Waals surface area contributed by atoms with Gasteiger partial charge < -0.3 is 20.7 Å².